The van der Waals surface area contributed by atoms with Crippen molar-refractivity contribution in [2.75, 3.05) is 6.61 Å². The predicted octanol–water partition coefficient (Wildman–Crippen LogP) is 0.753. The summed E-state index contributed by atoms with van der Waals surface area (Å²) < 4.78 is 37.6. The second-order valence-electron chi connectivity index (χ2n) is 6.50. The standard InChI is InChI=1S/C17H19NO12/c1-7(19)25-14-13-11(29-17(27-9(3)21)15(14)26-8(2)20)6-24-16(30-13)10-4-5-12(28-10)18(22)23/h4-5,11,13-17H,6H2,1-3H3/t11-,13+,14+,15-,16+,17-/m1/s1. The van der Waals surface area contributed by atoms with Crippen molar-refractivity contribution in [1.82, 2.24) is 0 Å². The van der Waals surface area contributed by atoms with Gasteiger partial charge in [0.15, 0.2) is 11.9 Å². The van der Waals surface area contributed by atoms with Gasteiger partial charge in [-0.15, -0.1) is 0 Å². The van der Waals surface area contributed by atoms with Crippen molar-refractivity contribution in [1.29, 1.82) is 0 Å². The van der Waals surface area contributed by atoms with E-state index in [0.717, 1.165) is 26.8 Å². The summed E-state index contributed by atoms with van der Waals surface area (Å²) >= 11 is 0. The van der Waals surface area contributed by atoms with E-state index >= 15 is 0 Å². The minimum absolute atomic E-state index is 0.00729. The van der Waals surface area contributed by atoms with Crippen LogP contribution < -0.4 is 0 Å². The Morgan fingerprint density at radius 1 is 1.00 bits per heavy atom. The molecule has 1 aromatic heterocycles. The van der Waals surface area contributed by atoms with Crippen LogP contribution >= 0.6 is 0 Å². The molecular weight excluding hydrogens is 410 g/mol. The molecule has 0 unspecified atom stereocenters. The highest BCUT2D eigenvalue weighted by Crippen LogP contribution is 2.37. The minimum Gasteiger partial charge on any atom is -0.455 e. The van der Waals surface area contributed by atoms with Gasteiger partial charge in [-0.05, 0) is 6.07 Å². The maximum atomic E-state index is 11.7. The van der Waals surface area contributed by atoms with Crippen molar-refractivity contribution in [3.05, 3.63) is 28.0 Å². The first-order chi connectivity index (χ1) is 14.2. The molecule has 3 heterocycles. The Bertz CT molecular complexity index is 834. The Morgan fingerprint density at radius 2 is 1.63 bits per heavy atom. The molecule has 0 saturated carbocycles. The molecule has 13 nitrogen and oxygen atoms in total. The summed E-state index contributed by atoms with van der Waals surface area (Å²) in [5, 5.41) is 10.8. The summed E-state index contributed by atoms with van der Waals surface area (Å²) in [4.78, 5) is 44.8. The van der Waals surface area contributed by atoms with E-state index in [1.165, 1.54) is 6.07 Å². The van der Waals surface area contributed by atoms with Gasteiger partial charge in [-0.1, -0.05) is 0 Å². The second kappa shape index (κ2) is 8.77. The van der Waals surface area contributed by atoms with Gasteiger partial charge in [0.05, 0.1) is 12.7 Å². The fraction of sp³-hybridized carbons (Fsp3) is 0.588. The maximum absolute atomic E-state index is 11.7. The molecule has 30 heavy (non-hydrogen) atoms. The Morgan fingerprint density at radius 3 is 2.20 bits per heavy atom. The summed E-state index contributed by atoms with van der Waals surface area (Å²) in [5.41, 5.74) is 0. The Hall–Kier alpha value is -3.03. The summed E-state index contributed by atoms with van der Waals surface area (Å²) in [5.74, 6) is -2.66. The number of fused-ring (bicyclic) bond motifs is 1. The molecule has 3 rings (SSSR count). The first kappa shape index (κ1) is 21.7. The molecule has 2 aliphatic heterocycles. The van der Waals surface area contributed by atoms with Gasteiger partial charge in [-0.2, -0.15) is 0 Å². The molecule has 13 heteroatoms. The van der Waals surface area contributed by atoms with E-state index < -0.39 is 65.7 Å². The fourth-order valence-corrected chi connectivity index (χ4v) is 3.16. The van der Waals surface area contributed by atoms with Gasteiger partial charge in [-0.3, -0.25) is 24.5 Å². The monoisotopic (exact) mass is 429 g/mol. The average Bonchev–Trinajstić information content (AvgIpc) is 3.13. The van der Waals surface area contributed by atoms with Crippen LogP contribution in [-0.2, 0) is 42.8 Å². The lowest BCUT2D eigenvalue weighted by molar-refractivity contribution is -0.404. The number of ether oxygens (including phenoxy) is 6. The summed E-state index contributed by atoms with van der Waals surface area (Å²) in [6.45, 7) is 3.28. The molecule has 164 valence electrons. The SMILES string of the molecule is CC(=O)O[C@@H]1O[C@@H]2CO[C@H](c3ccc([N+](=O)[O-])o3)O[C@@H]2[C@H](OC(C)=O)[C@H]1OC(C)=O. The number of rotatable bonds is 5. The maximum Gasteiger partial charge on any atom is 0.433 e. The minimum atomic E-state index is -1.37. The van der Waals surface area contributed by atoms with E-state index in [0.29, 0.717) is 0 Å². The van der Waals surface area contributed by atoms with E-state index in [1.54, 1.807) is 0 Å². The zero-order valence-electron chi connectivity index (χ0n) is 16.2. The number of nitro groups is 1. The highest BCUT2D eigenvalue weighted by molar-refractivity contribution is 5.68. The number of esters is 3. The Kier molecular flexibility index (Phi) is 6.34. The molecule has 0 amide bonds. The zero-order chi connectivity index (χ0) is 22.0. The first-order valence-electron chi connectivity index (χ1n) is 8.84. The molecule has 0 radical (unpaired) electrons. The number of carbonyl (C=O) groups excluding carboxylic acids is 3. The van der Waals surface area contributed by atoms with Crippen LogP contribution in [0.1, 0.15) is 32.8 Å². The molecule has 6 atom stereocenters. The third kappa shape index (κ3) is 4.75. The van der Waals surface area contributed by atoms with E-state index in [-0.39, 0.29) is 12.4 Å². The van der Waals surface area contributed by atoms with Crippen LogP contribution in [0, 0.1) is 10.1 Å². The van der Waals surface area contributed by atoms with Gasteiger partial charge >= 0.3 is 23.8 Å². The van der Waals surface area contributed by atoms with Crippen molar-refractivity contribution in [2.45, 2.75) is 57.8 Å². The van der Waals surface area contributed by atoms with Crippen molar-refractivity contribution in [2.24, 2.45) is 0 Å². The number of hydrogen-bond acceptors (Lipinski definition) is 12. The summed E-state index contributed by atoms with van der Waals surface area (Å²) in [6.07, 6.45) is -6.97. The molecule has 2 saturated heterocycles. The van der Waals surface area contributed by atoms with Gasteiger partial charge in [0.1, 0.15) is 17.1 Å². The van der Waals surface area contributed by atoms with Crippen LogP contribution in [0.4, 0.5) is 5.88 Å². The van der Waals surface area contributed by atoms with Crippen LogP contribution in [0.15, 0.2) is 16.5 Å². The number of carbonyl (C=O) groups is 3. The normalized spacial score (nSPS) is 30.6. The summed E-state index contributed by atoms with van der Waals surface area (Å²) in [6, 6.07) is 2.44. The average molecular weight is 429 g/mol. The number of hydrogen-bond donors (Lipinski definition) is 0. The fourth-order valence-electron chi connectivity index (χ4n) is 3.16. The number of nitrogens with zero attached hydrogens (tertiary/aromatic N) is 1. The molecule has 2 aliphatic rings. The van der Waals surface area contributed by atoms with Crippen LogP contribution in [0.3, 0.4) is 0 Å². The summed E-state index contributed by atoms with van der Waals surface area (Å²) in [7, 11) is 0. The highest BCUT2D eigenvalue weighted by Gasteiger charge is 2.55. The lowest BCUT2D eigenvalue weighted by Gasteiger charge is -2.47. The van der Waals surface area contributed by atoms with E-state index in [1.807, 2.05) is 0 Å². The second-order valence-corrected chi connectivity index (χ2v) is 6.50. The van der Waals surface area contributed by atoms with Gasteiger partial charge in [0.2, 0.25) is 18.7 Å². The molecule has 0 aliphatic carbocycles. The molecule has 0 aromatic carbocycles. The van der Waals surface area contributed by atoms with Gasteiger partial charge in [0.25, 0.3) is 0 Å². The quantitative estimate of drug-likeness (QED) is 0.280. The van der Waals surface area contributed by atoms with Crippen LogP contribution in [-0.4, -0.2) is 60.1 Å². The van der Waals surface area contributed by atoms with Gasteiger partial charge in [0, 0.05) is 20.8 Å². The van der Waals surface area contributed by atoms with Crippen molar-refractivity contribution in [3.8, 4) is 0 Å². The smallest absolute Gasteiger partial charge is 0.433 e. The van der Waals surface area contributed by atoms with Crippen LogP contribution in [0.5, 0.6) is 0 Å². The van der Waals surface area contributed by atoms with Gasteiger partial charge in [-0.25, -0.2) is 0 Å². The number of furan rings is 1. The molecular formula is C17H19NO12. The van der Waals surface area contributed by atoms with Gasteiger partial charge < -0.3 is 32.8 Å². The topological polar surface area (TPSA) is 163 Å². The molecule has 0 bridgehead atoms. The lowest BCUT2D eigenvalue weighted by atomic mass is 9.97. The largest absolute Gasteiger partial charge is 0.455 e. The third-order valence-electron chi connectivity index (χ3n) is 4.19. The third-order valence-corrected chi connectivity index (χ3v) is 4.19. The van der Waals surface area contributed by atoms with Crippen molar-refractivity contribution in [3.63, 3.8) is 0 Å². The van der Waals surface area contributed by atoms with E-state index in [2.05, 4.69) is 0 Å². The predicted molar refractivity (Wildman–Crippen MR) is 90.5 cm³/mol. The molecule has 2 fully saturated rings. The van der Waals surface area contributed by atoms with Crippen molar-refractivity contribution >= 4 is 23.8 Å². The molecule has 0 N–H and O–H groups in total. The first-order valence-corrected chi connectivity index (χ1v) is 8.84. The zero-order valence-corrected chi connectivity index (χ0v) is 16.2. The van der Waals surface area contributed by atoms with E-state index in [4.69, 9.17) is 32.8 Å². The van der Waals surface area contributed by atoms with E-state index in [9.17, 15) is 24.5 Å². The van der Waals surface area contributed by atoms with Crippen LogP contribution in [0.2, 0.25) is 0 Å². The Labute approximate surface area is 169 Å². The van der Waals surface area contributed by atoms with Crippen molar-refractivity contribution < 1.29 is 52.1 Å². The van der Waals surface area contributed by atoms with Crippen LogP contribution in [0.25, 0.3) is 0 Å². The molecule has 1 aromatic rings. The Balaban J connectivity index is 1.88. The lowest BCUT2D eigenvalue weighted by Crippen LogP contribution is -2.64. The highest BCUT2D eigenvalue weighted by atomic mass is 16.8. The molecule has 0 spiro atoms.